The van der Waals surface area contributed by atoms with Gasteiger partial charge in [-0.3, -0.25) is 9.63 Å². The molecule has 1 N–H and O–H groups in total. The van der Waals surface area contributed by atoms with E-state index in [1.165, 1.54) is 0 Å². The van der Waals surface area contributed by atoms with Crippen molar-refractivity contribution < 1.29 is 14.4 Å². The van der Waals surface area contributed by atoms with E-state index in [1.54, 1.807) is 24.3 Å². The predicted octanol–water partition coefficient (Wildman–Crippen LogP) is 2.79. The second kappa shape index (κ2) is 7.71. The molecule has 0 aliphatic rings. The number of benzene rings is 1. The van der Waals surface area contributed by atoms with E-state index in [-0.39, 0.29) is 5.91 Å². The molecule has 0 saturated heterocycles. The Labute approximate surface area is 108 Å². The highest BCUT2D eigenvalue weighted by atomic mass is 16.6. The van der Waals surface area contributed by atoms with Gasteiger partial charge in [-0.1, -0.05) is 20.8 Å². The third kappa shape index (κ3) is 5.19. The van der Waals surface area contributed by atoms with E-state index in [9.17, 15) is 4.79 Å². The molecule has 0 spiro atoms. The summed E-state index contributed by atoms with van der Waals surface area (Å²) in [6.45, 7) is 7.28. The summed E-state index contributed by atoms with van der Waals surface area (Å²) in [5, 5.41) is 0. The molecule has 1 aromatic rings. The number of hydrogen-bond acceptors (Lipinski definition) is 3. The zero-order chi connectivity index (χ0) is 13.4. The summed E-state index contributed by atoms with van der Waals surface area (Å²) in [6, 6.07) is 7.01. The van der Waals surface area contributed by atoms with Crippen molar-refractivity contribution in [2.45, 2.75) is 27.2 Å². The van der Waals surface area contributed by atoms with Crippen LogP contribution in [0.5, 0.6) is 5.75 Å². The summed E-state index contributed by atoms with van der Waals surface area (Å²) in [5.74, 6) is 0.921. The highest BCUT2D eigenvalue weighted by Gasteiger charge is 2.05. The number of hydroxylamine groups is 1. The topological polar surface area (TPSA) is 47.6 Å². The number of ether oxygens (including phenoxy) is 1. The molecule has 0 heterocycles. The second-order valence-electron chi connectivity index (χ2n) is 4.51. The number of amides is 1. The van der Waals surface area contributed by atoms with Crippen LogP contribution in [0.2, 0.25) is 0 Å². The van der Waals surface area contributed by atoms with E-state index in [0.717, 1.165) is 12.2 Å². The van der Waals surface area contributed by atoms with Crippen LogP contribution < -0.4 is 10.2 Å². The Bertz CT molecular complexity index is 360. The summed E-state index contributed by atoms with van der Waals surface area (Å²) in [6.07, 6.45) is 0.964. The summed E-state index contributed by atoms with van der Waals surface area (Å²) in [5.41, 5.74) is 2.97. The Hall–Kier alpha value is -1.55. The molecule has 1 rings (SSSR count). The summed E-state index contributed by atoms with van der Waals surface area (Å²) in [4.78, 5) is 16.8. The maximum atomic E-state index is 11.7. The molecule has 0 aliphatic heterocycles. The highest BCUT2D eigenvalue weighted by Crippen LogP contribution is 2.12. The lowest BCUT2D eigenvalue weighted by molar-refractivity contribution is 0.0208. The molecule has 18 heavy (non-hydrogen) atoms. The normalized spacial score (nSPS) is 10.4. The monoisotopic (exact) mass is 251 g/mol. The molecule has 4 nitrogen and oxygen atoms in total. The molecule has 0 saturated carbocycles. The number of nitrogens with one attached hydrogen (secondary N) is 1. The average molecular weight is 251 g/mol. The largest absolute Gasteiger partial charge is 0.494 e. The van der Waals surface area contributed by atoms with Crippen molar-refractivity contribution in [2.24, 2.45) is 5.92 Å². The van der Waals surface area contributed by atoms with Crippen LogP contribution in [0.4, 0.5) is 0 Å². The summed E-state index contributed by atoms with van der Waals surface area (Å²) >= 11 is 0. The summed E-state index contributed by atoms with van der Waals surface area (Å²) < 4.78 is 5.44. The van der Waals surface area contributed by atoms with Crippen LogP contribution in [0.25, 0.3) is 0 Å². The van der Waals surface area contributed by atoms with Gasteiger partial charge in [0.15, 0.2) is 0 Å². The van der Waals surface area contributed by atoms with Gasteiger partial charge in [-0.05, 0) is 36.6 Å². The highest BCUT2D eigenvalue weighted by molar-refractivity contribution is 5.93. The maximum Gasteiger partial charge on any atom is 0.274 e. The molecule has 0 unspecified atom stereocenters. The average Bonchev–Trinajstić information content (AvgIpc) is 2.36. The lowest BCUT2D eigenvalue weighted by Gasteiger charge is -2.08. The molecule has 4 heteroatoms. The second-order valence-corrected chi connectivity index (χ2v) is 4.51. The number of rotatable bonds is 7. The summed E-state index contributed by atoms with van der Waals surface area (Å²) in [7, 11) is 0. The fourth-order valence-electron chi connectivity index (χ4n) is 1.26. The first kappa shape index (κ1) is 14.5. The first-order valence-electron chi connectivity index (χ1n) is 6.28. The SMILES string of the molecule is CCCOc1ccc(C(=O)NOCC(C)C)cc1. The molecule has 0 fully saturated rings. The molecular formula is C14H21NO3. The van der Waals surface area contributed by atoms with Gasteiger partial charge in [-0.25, -0.2) is 5.48 Å². The standard InChI is InChI=1S/C14H21NO3/c1-4-9-17-13-7-5-12(6-8-13)14(16)15-18-10-11(2)3/h5-8,11H,4,9-10H2,1-3H3,(H,15,16). The Morgan fingerprint density at radius 2 is 1.94 bits per heavy atom. The van der Waals surface area contributed by atoms with Gasteiger partial charge in [0, 0.05) is 5.56 Å². The minimum absolute atomic E-state index is 0.238. The minimum Gasteiger partial charge on any atom is -0.494 e. The first-order chi connectivity index (χ1) is 8.63. The van der Waals surface area contributed by atoms with E-state index < -0.39 is 0 Å². The third-order valence-electron chi connectivity index (χ3n) is 2.17. The number of hydrogen-bond donors (Lipinski definition) is 1. The van der Waals surface area contributed by atoms with E-state index in [4.69, 9.17) is 9.57 Å². The number of carbonyl (C=O) groups is 1. The molecule has 1 aromatic carbocycles. The van der Waals surface area contributed by atoms with E-state index in [2.05, 4.69) is 5.48 Å². The lowest BCUT2D eigenvalue weighted by Crippen LogP contribution is -2.25. The van der Waals surface area contributed by atoms with Crippen molar-refractivity contribution in [3.8, 4) is 5.75 Å². The van der Waals surface area contributed by atoms with Gasteiger partial charge < -0.3 is 4.74 Å². The number of carbonyl (C=O) groups excluding carboxylic acids is 1. The fourth-order valence-corrected chi connectivity index (χ4v) is 1.26. The van der Waals surface area contributed by atoms with Gasteiger partial charge in [-0.2, -0.15) is 0 Å². The van der Waals surface area contributed by atoms with Crippen LogP contribution >= 0.6 is 0 Å². The molecule has 0 atom stereocenters. The minimum atomic E-state index is -0.238. The van der Waals surface area contributed by atoms with Crippen LogP contribution in [0.1, 0.15) is 37.6 Å². The van der Waals surface area contributed by atoms with Gasteiger partial charge in [0.25, 0.3) is 5.91 Å². The molecule has 100 valence electrons. The van der Waals surface area contributed by atoms with Crippen LogP contribution in [0, 0.1) is 5.92 Å². The van der Waals surface area contributed by atoms with Crippen molar-refractivity contribution >= 4 is 5.91 Å². The van der Waals surface area contributed by atoms with Crippen LogP contribution in [0.15, 0.2) is 24.3 Å². The molecular weight excluding hydrogens is 230 g/mol. The zero-order valence-electron chi connectivity index (χ0n) is 11.2. The van der Waals surface area contributed by atoms with Gasteiger partial charge in [0.1, 0.15) is 5.75 Å². The van der Waals surface area contributed by atoms with Gasteiger partial charge in [0.05, 0.1) is 13.2 Å². The van der Waals surface area contributed by atoms with Crippen molar-refractivity contribution in [3.05, 3.63) is 29.8 Å². The Balaban J connectivity index is 2.43. The first-order valence-corrected chi connectivity index (χ1v) is 6.28. The fraction of sp³-hybridized carbons (Fsp3) is 0.500. The molecule has 1 amide bonds. The van der Waals surface area contributed by atoms with Crippen LogP contribution in [-0.2, 0) is 4.84 Å². The van der Waals surface area contributed by atoms with Gasteiger partial charge in [-0.15, -0.1) is 0 Å². The third-order valence-corrected chi connectivity index (χ3v) is 2.17. The smallest absolute Gasteiger partial charge is 0.274 e. The van der Waals surface area contributed by atoms with E-state index in [0.29, 0.717) is 24.7 Å². The molecule has 0 bridgehead atoms. The Morgan fingerprint density at radius 1 is 1.28 bits per heavy atom. The Kier molecular flexibility index (Phi) is 6.22. The van der Waals surface area contributed by atoms with Crippen LogP contribution in [-0.4, -0.2) is 19.1 Å². The lowest BCUT2D eigenvalue weighted by atomic mass is 10.2. The maximum absolute atomic E-state index is 11.7. The van der Waals surface area contributed by atoms with Crippen LogP contribution in [0.3, 0.4) is 0 Å². The molecule has 0 aliphatic carbocycles. The van der Waals surface area contributed by atoms with Crippen molar-refractivity contribution in [1.82, 2.24) is 5.48 Å². The van der Waals surface area contributed by atoms with Gasteiger partial charge >= 0.3 is 0 Å². The molecule has 0 aromatic heterocycles. The van der Waals surface area contributed by atoms with Crippen molar-refractivity contribution in [3.63, 3.8) is 0 Å². The molecule has 0 radical (unpaired) electrons. The Morgan fingerprint density at radius 3 is 2.50 bits per heavy atom. The van der Waals surface area contributed by atoms with Crippen molar-refractivity contribution in [2.75, 3.05) is 13.2 Å². The van der Waals surface area contributed by atoms with E-state index in [1.807, 2.05) is 20.8 Å². The zero-order valence-corrected chi connectivity index (χ0v) is 11.2. The predicted molar refractivity (Wildman–Crippen MR) is 70.5 cm³/mol. The van der Waals surface area contributed by atoms with E-state index >= 15 is 0 Å². The van der Waals surface area contributed by atoms with Crippen molar-refractivity contribution in [1.29, 1.82) is 0 Å². The van der Waals surface area contributed by atoms with Gasteiger partial charge in [0.2, 0.25) is 0 Å². The quantitative estimate of drug-likeness (QED) is 0.758.